The smallest absolute Gasteiger partial charge is 0.228 e. The van der Waals surface area contributed by atoms with Crippen LogP contribution in [0.2, 0.25) is 0 Å². The molecule has 0 radical (unpaired) electrons. The van der Waals surface area contributed by atoms with Crippen molar-refractivity contribution in [1.82, 2.24) is 15.2 Å². The first-order chi connectivity index (χ1) is 13.2. The van der Waals surface area contributed by atoms with Crippen molar-refractivity contribution in [3.05, 3.63) is 65.5 Å². The third-order valence-corrected chi connectivity index (χ3v) is 5.71. The van der Waals surface area contributed by atoms with Gasteiger partial charge in [-0.2, -0.15) is 0 Å². The molecule has 1 aliphatic heterocycles. The van der Waals surface area contributed by atoms with Crippen LogP contribution in [0.5, 0.6) is 0 Å². The maximum atomic E-state index is 13.1. The Balaban J connectivity index is 1.38. The highest BCUT2D eigenvalue weighted by Gasteiger charge is 2.37. The van der Waals surface area contributed by atoms with Gasteiger partial charge in [0.25, 0.3) is 0 Å². The van der Waals surface area contributed by atoms with Gasteiger partial charge in [0.1, 0.15) is 0 Å². The molecule has 27 heavy (non-hydrogen) atoms. The molecule has 1 aromatic carbocycles. The van der Waals surface area contributed by atoms with Crippen LogP contribution < -0.4 is 5.32 Å². The number of rotatable bonds is 4. The van der Waals surface area contributed by atoms with E-state index in [0.29, 0.717) is 13.0 Å². The predicted octanol–water partition coefficient (Wildman–Crippen LogP) is 2.49. The number of hydrogen-bond acceptors (Lipinski definition) is 3. The monoisotopic (exact) mass is 363 g/mol. The fraction of sp³-hybridized carbons (Fsp3) is 0.409. The molecule has 0 spiro atoms. The number of benzene rings is 1. The zero-order chi connectivity index (χ0) is 18.6. The van der Waals surface area contributed by atoms with Crippen molar-refractivity contribution in [1.29, 1.82) is 0 Å². The molecule has 1 aliphatic carbocycles. The molecule has 5 heteroatoms. The molecule has 1 aromatic heterocycles. The van der Waals surface area contributed by atoms with E-state index in [0.717, 1.165) is 37.8 Å². The maximum Gasteiger partial charge on any atom is 0.228 e. The SMILES string of the molecule is O=C(Cc1cccnc1)N[C@@H]1CCC[C@@H]1C(=O)N1CCc2ccccc2C1. The summed E-state index contributed by atoms with van der Waals surface area (Å²) in [5, 5.41) is 3.10. The van der Waals surface area contributed by atoms with Crippen molar-refractivity contribution < 1.29 is 9.59 Å². The average Bonchev–Trinajstić information content (AvgIpc) is 3.15. The Kier molecular flexibility index (Phi) is 5.19. The summed E-state index contributed by atoms with van der Waals surface area (Å²) in [7, 11) is 0. The van der Waals surface area contributed by atoms with Crippen LogP contribution in [0.1, 0.15) is 36.0 Å². The number of nitrogens with zero attached hydrogens (tertiary/aromatic N) is 2. The quantitative estimate of drug-likeness (QED) is 0.908. The van der Waals surface area contributed by atoms with Crippen molar-refractivity contribution in [2.24, 2.45) is 5.92 Å². The van der Waals surface area contributed by atoms with E-state index in [2.05, 4.69) is 28.5 Å². The van der Waals surface area contributed by atoms with Crippen LogP contribution in [0.15, 0.2) is 48.8 Å². The molecule has 5 nitrogen and oxygen atoms in total. The van der Waals surface area contributed by atoms with Gasteiger partial charge in [-0.15, -0.1) is 0 Å². The second-order valence-electron chi connectivity index (χ2n) is 7.53. The Bertz CT molecular complexity index is 821. The van der Waals surface area contributed by atoms with Gasteiger partial charge in [-0.3, -0.25) is 14.6 Å². The van der Waals surface area contributed by atoms with Gasteiger partial charge in [-0.1, -0.05) is 36.8 Å². The molecule has 0 bridgehead atoms. The molecule has 140 valence electrons. The van der Waals surface area contributed by atoms with Gasteiger partial charge < -0.3 is 10.2 Å². The van der Waals surface area contributed by atoms with Crippen LogP contribution in [-0.4, -0.2) is 34.3 Å². The van der Waals surface area contributed by atoms with Crippen LogP contribution in [0, 0.1) is 5.92 Å². The van der Waals surface area contributed by atoms with Crippen LogP contribution in [0.25, 0.3) is 0 Å². The highest BCUT2D eigenvalue weighted by Crippen LogP contribution is 2.29. The first-order valence-corrected chi connectivity index (χ1v) is 9.74. The van der Waals surface area contributed by atoms with Gasteiger partial charge in [0, 0.05) is 31.5 Å². The summed E-state index contributed by atoms with van der Waals surface area (Å²) in [5.41, 5.74) is 3.48. The normalized spacial score (nSPS) is 21.6. The van der Waals surface area contributed by atoms with Gasteiger partial charge in [0.2, 0.25) is 11.8 Å². The van der Waals surface area contributed by atoms with Crippen molar-refractivity contribution in [3.63, 3.8) is 0 Å². The van der Waals surface area contributed by atoms with Crippen molar-refractivity contribution in [3.8, 4) is 0 Å². The number of fused-ring (bicyclic) bond motifs is 1. The number of carbonyl (C=O) groups excluding carboxylic acids is 2. The molecule has 2 aliphatic rings. The van der Waals surface area contributed by atoms with Gasteiger partial charge >= 0.3 is 0 Å². The summed E-state index contributed by atoms with van der Waals surface area (Å²) in [4.78, 5) is 31.6. The number of pyridine rings is 1. The maximum absolute atomic E-state index is 13.1. The lowest BCUT2D eigenvalue weighted by Gasteiger charge is -2.32. The highest BCUT2D eigenvalue weighted by molar-refractivity contribution is 5.83. The largest absolute Gasteiger partial charge is 0.352 e. The van der Waals surface area contributed by atoms with E-state index in [1.807, 2.05) is 23.1 Å². The minimum Gasteiger partial charge on any atom is -0.352 e. The van der Waals surface area contributed by atoms with Crippen LogP contribution in [0.3, 0.4) is 0 Å². The molecule has 1 fully saturated rings. The molecular weight excluding hydrogens is 338 g/mol. The fourth-order valence-electron chi connectivity index (χ4n) is 4.29. The average molecular weight is 363 g/mol. The fourth-order valence-corrected chi connectivity index (χ4v) is 4.29. The summed E-state index contributed by atoms with van der Waals surface area (Å²) in [6.45, 7) is 1.45. The van der Waals surface area contributed by atoms with Crippen LogP contribution in [0.4, 0.5) is 0 Å². The summed E-state index contributed by atoms with van der Waals surface area (Å²) in [6.07, 6.45) is 7.34. The molecule has 2 aromatic rings. The molecule has 2 heterocycles. The van der Waals surface area contributed by atoms with E-state index in [1.165, 1.54) is 11.1 Å². The highest BCUT2D eigenvalue weighted by atomic mass is 16.2. The Morgan fingerprint density at radius 1 is 1.11 bits per heavy atom. The minimum absolute atomic E-state index is 0.0308. The Morgan fingerprint density at radius 3 is 2.78 bits per heavy atom. The van der Waals surface area contributed by atoms with Crippen molar-refractivity contribution in [2.75, 3.05) is 6.54 Å². The molecular formula is C22H25N3O2. The van der Waals surface area contributed by atoms with E-state index in [1.54, 1.807) is 12.4 Å². The lowest BCUT2D eigenvalue weighted by molar-refractivity contribution is -0.137. The Labute approximate surface area is 159 Å². The number of amides is 2. The lowest BCUT2D eigenvalue weighted by atomic mass is 9.96. The minimum atomic E-state index is -0.104. The van der Waals surface area contributed by atoms with E-state index in [9.17, 15) is 9.59 Å². The first kappa shape index (κ1) is 17.7. The molecule has 1 saturated carbocycles. The summed E-state index contributed by atoms with van der Waals surface area (Å²) >= 11 is 0. The third kappa shape index (κ3) is 4.02. The second-order valence-corrected chi connectivity index (χ2v) is 7.53. The predicted molar refractivity (Wildman–Crippen MR) is 103 cm³/mol. The van der Waals surface area contributed by atoms with E-state index in [-0.39, 0.29) is 23.8 Å². The Hall–Kier alpha value is -2.69. The van der Waals surface area contributed by atoms with E-state index >= 15 is 0 Å². The zero-order valence-electron chi connectivity index (χ0n) is 15.4. The molecule has 0 saturated heterocycles. The van der Waals surface area contributed by atoms with Gasteiger partial charge in [0.15, 0.2) is 0 Å². The summed E-state index contributed by atoms with van der Waals surface area (Å²) in [5.74, 6) is 0.0541. The molecule has 4 rings (SSSR count). The number of hydrogen-bond donors (Lipinski definition) is 1. The number of carbonyl (C=O) groups is 2. The Morgan fingerprint density at radius 2 is 1.96 bits per heavy atom. The van der Waals surface area contributed by atoms with Crippen LogP contribution >= 0.6 is 0 Å². The third-order valence-electron chi connectivity index (χ3n) is 5.71. The number of nitrogens with one attached hydrogen (secondary N) is 1. The lowest BCUT2D eigenvalue weighted by Crippen LogP contribution is -2.47. The van der Waals surface area contributed by atoms with Gasteiger partial charge in [-0.25, -0.2) is 0 Å². The second kappa shape index (κ2) is 7.91. The molecule has 0 unspecified atom stereocenters. The standard InChI is InChI=1S/C22H25N3O2/c26-21(13-16-5-4-11-23-14-16)24-20-9-3-8-19(20)22(27)25-12-10-17-6-1-2-7-18(17)15-25/h1-2,4-7,11,14,19-20H,3,8-10,12-13,15H2,(H,24,26)/t19-,20+/m0/s1. The summed E-state index contributed by atoms with van der Waals surface area (Å²) in [6, 6.07) is 12.0. The molecule has 2 atom stereocenters. The van der Waals surface area contributed by atoms with Crippen LogP contribution in [-0.2, 0) is 29.0 Å². The van der Waals surface area contributed by atoms with Crippen molar-refractivity contribution >= 4 is 11.8 Å². The topological polar surface area (TPSA) is 62.3 Å². The van der Waals surface area contributed by atoms with Crippen molar-refractivity contribution in [2.45, 2.75) is 44.7 Å². The summed E-state index contributed by atoms with van der Waals surface area (Å²) < 4.78 is 0. The van der Waals surface area contributed by atoms with Gasteiger partial charge in [-0.05, 0) is 42.0 Å². The number of aromatic nitrogens is 1. The zero-order valence-corrected chi connectivity index (χ0v) is 15.4. The molecule has 1 N–H and O–H groups in total. The van der Waals surface area contributed by atoms with E-state index < -0.39 is 0 Å². The molecule has 2 amide bonds. The van der Waals surface area contributed by atoms with Gasteiger partial charge in [0.05, 0.1) is 12.3 Å². The van der Waals surface area contributed by atoms with E-state index in [4.69, 9.17) is 0 Å². The first-order valence-electron chi connectivity index (χ1n) is 9.74.